The molecule has 3 nitrogen and oxygen atoms in total. The Morgan fingerprint density at radius 3 is 2.61 bits per heavy atom. The number of halogens is 1. The van der Waals surface area contributed by atoms with Gasteiger partial charge in [-0.3, -0.25) is 0 Å². The van der Waals surface area contributed by atoms with Crippen molar-refractivity contribution >= 4 is 11.6 Å². The van der Waals surface area contributed by atoms with Crippen LogP contribution in [0.4, 0.5) is 0 Å². The molecule has 1 aliphatic rings. The fourth-order valence-electron chi connectivity index (χ4n) is 2.15. The van der Waals surface area contributed by atoms with Crippen LogP contribution in [0.15, 0.2) is 12.1 Å². The summed E-state index contributed by atoms with van der Waals surface area (Å²) in [4.78, 5) is 0. The number of ether oxygens (including phenoxy) is 2. The summed E-state index contributed by atoms with van der Waals surface area (Å²) in [5, 5.41) is 4.14. The molecule has 1 aliphatic heterocycles. The van der Waals surface area contributed by atoms with E-state index in [9.17, 15) is 0 Å². The summed E-state index contributed by atoms with van der Waals surface area (Å²) < 4.78 is 11.6. The number of benzene rings is 1. The molecular formula is C14H20ClNO2. The molecule has 1 aromatic carbocycles. The van der Waals surface area contributed by atoms with Crippen molar-refractivity contribution in [3.63, 3.8) is 0 Å². The predicted molar refractivity (Wildman–Crippen MR) is 73.6 cm³/mol. The largest absolute Gasteiger partial charge is 0.491 e. The van der Waals surface area contributed by atoms with Crippen molar-refractivity contribution in [3.05, 3.63) is 28.3 Å². The average molecular weight is 270 g/mol. The minimum absolute atomic E-state index is 0.116. The zero-order valence-electron chi connectivity index (χ0n) is 11.1. The third kappa shape index (κ3) is 3.37. The molecule has 1 aromatic rings. The van der Waals surface area contributed by atoms with Crippen LogP contribution in [0, 0.1) is 13.8 Å². The first kappa shape index (κ1) is 13.7. The summed E-state index contributed by atoms with van der Waals surface area (Å²) in [5.41, 5.74) is 2.09. The molecule has 0 amide bonds. The van der Waals surface area contributed by atoms with Crippen LogP contribution in [-0.4, -0.2) is 31.9 Å². The Morgan fingerprint density at radius 1 is 1.33 bits per heavy atom. The van der Waals surface area contributed by atoms with Gasteiger partial charge >= 0.3 is 0 Å². The molecule has 0 radical (unpaired) electrons. The molecule has 0 spiro atoms. The van der Waals surface area contributed by atoms with E-state index in [2.05, 4.69) is 12.2 Å². The SMILES string of the molecule is Cc1cc(OCC2CNCC(C)O2)cc(C)c1Cl. The lowest BCUT2D eigenvalue weighted by molar-refractivity contribution is -0.0470. The molecule has 2 unspecified atom stereocenters. The Bertz CT molecular complexity index is 399. The molecule has 1 fully saturated rings. The molecular weight excluding hydrogens is 250 g/mol. The van der Waals surface area contributed by atoms with E-state index in [1.54, 1.807) is 0 Å². The van der Waals surface area contributed by atoms with E-state index in [1.165, 1.54) is 0 Å². The molecule has 1 N–H and O–H groups in total. The van der Waals surface area contributed by atoms with Crippen LogP contribution in [0.3, 0.4) is 0 Å². The van der Waals surface area contributed by atoms with Crippen LogP contribution < -0.4 is 10.1 Å². The normalized spacial score (nSPS) is 24.0. The quantitative estimate of drug-likeness (QED) is 0.915. The van der Waals surface area contributed by atoms with E-state index in [-0.39, 0.29) is 12.2 Å². The van der Waals surface area contributed by atoms with Crippen LogP contribution in [0.5, 0.6) is 5.75 Å². The lowest BCUT2D eigenvalue weighted by Gasteiger charge is -2.28. The van der Waals surface area contributed by atoms with Crippen molar-refractivity contribution in [2.45, 2.75) is 33.0 Å². The Labute approximate surface area is 113 Å². The summed E-state index contributed by atoms with van der Waals surface area (Å²) in [7, 11) is 0. The van der Waals surface area contributed by atoms with E-state index in [0.717, 1.165) is 35.0 Å². The van der Waals surface area contributed by atoms with Crippen molar-refractivity contribution in [3.8, 4) is 5.75 Å². The van der Waals surface area contributed by atoms with Gasteiger partial charge in [0.1, 0.15) is 18.5 Å². The molecule has 2 atom stereocenters. The van der Waals surface area contributed by atoms with Crippen LogP contribution in [0.1, 0.15) is 18.1 Å². The molecule has 2 rings (SSSR count). The zero-order chi connectivity index (χ0) is 13.1. The van der Waals surface area contributed by atoms with Crippen LogP contribution in [0.25, 0.3) is 0 Å². The maximum atomic E-state index is 6.13. The second kappa shape index (κ2) is 5.91. The number of morpholine rings is 1. The molecule has 0 aromatic heterocycles. The van der Waals surface area contributed by atoms with Gasteiger partial charge in [0.2, 0.25) is 0 Å². The van der Waals surface area contributed by atoms with Gasteiger partial charge in [0.25, 0.3) is 0 Å². The van der Waals surface area contributed by atoms with Gasteiger partial charge in [-0.2, -0.15) is 0 Å². The van der Waals surface area contributed by atoms with Gasteiger partial charge in [-0.1, -0.05) is 11.6 Å². The number of nitrogens with one attached hydrogen (secondary N) is 1. The fourth-order valence-corrected chi connectivity index (χ4v) is 2.26. The van der Waals surface area contributed by atoms with E-state index in [1.807, 2.05) is 26.0 Å². The summed E-state index contributed by atoms with van der Waals surface area (Å²) in [6.07, 6.45) is 0.367. The Hall–Kier alpha value is -0.770. The van der Waals surface area contributed by atoms with Crippen molar-refractivity contribution in [1.29, 1.82) is 0 Å². The molecule has 4 heteroatoms. The standard InChI is InChI=1S/C14H20ClNO2/c1-9-4-12(5-10(2)14(9)15)17-8-13-7-16-6-11(3)18-13/h4-5,11,13,16H,6-8H2,1-3H3. The maximum Gasteiger partial charge on any atom is 0.120 e. The van der Waals surface area contributed by atoms with E-state index in [0.29, 0.717) is 6.61 Å². The second-order valence-corrected chi connectivity index (χ2v) is 5.29. The first-order chi connectivity index (χ1) is 8.56. The number of hydrogen-bond donors (Lipinski definition) is 1. The molecule has 0 aliphatic carbocycles. The topological polar surface area (TPSA) is 30.5 Å². The summed E-state index contributed by atoms with van der Waals surface area (Å²) >= 11 is 6.13. The molecule has 18 heavy (non-hydrogen) atoms. The van der Waals surface area contributed by atoms with Crippen molar-refractivity contribution in [1.82, 2.24) is 5.32 Å². The maximum absolute atomic E-state index is 6.13. The smallest absolute Gasteiger partial charge is 0.120 e. The minimum Gasteiger partial charge on any atom is -0.491 e. The van der Waals surface area contributed by atoms with Crippen molar-refractivity contribution in [2.75, 3.05) is 19.7 Å². The highest BCUT2D eigenvalue weighted by Gasteiger charge is 2.19. The van der Waals surface area contributed by atoms with Gasteiger partial charge in [0.05, 0.1) is 6.10 Å². The first-order valence-corrected chi connectivity index (χ1v) is 6.70. The van der Waals surface area contributed by atoms with Gasteiger partial charge < -0.3 is 14.8 Å². The van der Waals surface area contributed by atoms with Gasteiger partial charge in [0, 0.05) is 18.1 Å². The third-order valence-electron chi connectivity index (χ3n) is 3.07. The Kier molecular flexibility index (Phi) is 4.49. The third-order valence-corrected chi connectivity index (χ3v) is 3.67. The van der Waals surface area contributed by atoms with Crippen molar-refractivity contribution in [2.24, 2.45) is 0 Å². The zero-order valence-corrected chi connectivity index (χ0v) is 11.9. The second-order valence-electron chi connectivity index (χ2n) is 4.91. The van der Waals surface area contributed by atoms with Gasteiger partial charge in [-0.05, 0) is 44.0 Å². The predicted octanol–water partition coefficient (Wildman–Crippen LogP) is 2.71. The highest BCUT2D eigenvalue weighted by Crippen LogP contribution is 2.26. The molecule has 100 valence electrons. The minimum atomic E-state index is 0.116. The summed E-state index contributed by atoms with van der Waals surface area (Å²) in [6.45, 7) is 8.37. The molecule has 1 heterocycles. The lowest BCUT2D eigenvalue weighted by atomic mass is 10.1. The summed E-state index contributed by atoms with van der Waals surface area (Å²) in [6, 6.07) is 3.93. The molecule has 0 bridgehead atoms. The van der Waals surface area contributed by atoms with E-state index < -0.39 is 0 Å². The molecule has 1 saturated heterocycles. The van der Waals surface area contributed by atoms with Crippen molar-refractivity contribution < 1.29 is 9.47 Å². The van der Waals surface area contributed by atoms with Gasteiger partial charge in [0.15, 0.2) is 0 Å². The Morgan fingerprint density at radius 2 is 2.00 bits per heavy atom. The van der Waals surface area contributed by atoms with E-state index >= 15 is 0 Å². The highest BCUT2D eigenvalue weighted by molar-refractivity contribution is 6.32. The van der Waals surface area contributed by atoms with Crippen LogP contribution >= 0.6 is 11.6 Å². The number of rotatable bonds is 3. The summed E-state index contributed by atoms with van der Waals surface area (Å²) in [5.74, 6) is 0.858. The highest BCUT2D eigenvalue weighted by atomic mass is 35.5. The Balaban J connectivity index is 1.94. The van der Waals surface area contributed by atoms with Crippen LogP contribution in [-0.2, 0) is 4.74 Å². The van der Waals surface area contributed by atoms with Crippen LogP contribution in [0.2, 0.25) is 5.02 Å². The van der Waals surface area contributed by atoms with Gasteiger partial charge in [-0.15, -0.1) is 0 Å². The monoisotopic (exact) mass is 269 g/mol. The number of aryl methyl sites for hydroxylation is 2. The van der Waals surface area contributed by atoms with E-state index in [4.69, 9.17) is 21.1 Å². The first-order valence-electron chi connectivity index (χ1n) is 6.32. The average Bonchev–Trinajstić information content (AvgIpc) is 2.33. The molecule has 0 saturated carbocycles. The lowest BCUT2D eigenvalue weighted by Crippen LogP contribution is -2.45. The van der Waals surface area contributed by atoms with Gasteiger partial charge in [-0.25, -0.2) is 0 Å². The number of hydrogen-bond acceptors (Lipinski definition) is 3. The fraction of sp³-hybridized carbons (Fsp3) is 0.571.